The molecule has 3 N–H and O–H groups in total. The van der Waals surface area contributed by atoms with E-state index in [1.54, 1.807) is 29.4 Å². The molecule has 0 fully saturated rings. The average Bonchev–Trinajstić information content (AvgIpc) is 2.98. The Kier molecular flexibility index (Phi) is 4.70. The molecule has 0 spiro atoms. The van der Waals surface area contributed by atoms with Gasteiger partial charge in [-0.15, -0.1) is 11.3 Å². The predicted octanol–water partition coefficient (Wildman–Crippen LogP) is 2.26. The fourth-order valence-corrected chi connectivity index (χ4v) is 2.65. The van der Waals surface area contributed by atoms with Gasteiger partial charge in [-0.25, -0.2) is 10.8 Å². The summed E-state index contributed by atoms with van der Waals surface area (Å²) in [5, 5.41) is 2.01. The lowest BCUT2D eigenvalue weighted by molar-refractivity contribution is 0.0786. The normalized spacial score (nSPS) is 10.3. The maximum atomic E-state index is 12.4. The first-order valence-corrected chi connectivity index (χ1v) is 7.27. The number of carbonyl (C=O) groups is 1. The number of aryl methyl sites for hydroxylation is 1. The van der Waals surface area contributed by atoms with Crippen molar-refractivity contribution in [3.05, 3.63) is 45.8 Å². The summed E-state index contributed by atoms with van der Waals surface area (Å²) in [5.41, 5.74) is 3.94. The second-order valence-electron chi connectivity index (χ2n) is 4.47. The van der Waals surface area contributed by atoms with E-state index in [1.165, 1.54) is 0 Å². The summed E-state index contributed by atoms with van der Waals surface area (Å²) in [5.74, 6) is 5.87. The number of nitrogens with two attached hydrogens (primary N) is 1. The van der Waals surface area contributed by atoms with Crippen molar-refractivity contribution >= 4 is 23.1 Å². The number of carbonyl (C=O) groups excluding carboxylic acids is 1. The third kappa shape index (κ3) is 3.34. The molecule has 2 rings (SSSR count). The van der Waals surface area contributed by atoms with Crippen LogP contribution in [0.15, 0.2) is 29.6 Å². The number of rotatable bonds is 5. The second kappa shape index (κ2) is 6.49. The molecule has 20 heavy (non-hydrogen) atoms. The summed E-state index contributed by atoms with van der Waals surface area (Å²) in [6.45, 7) is 2.60. The molecule has 2 heterocycles. The minimum absolute atomic E-state index is 0.0352. The zero-order valence-corrected chi connectivity index (χ0v) is 12.4. The summed E-state index contributed by atoms with van der Waals surface area (Å²) >= 11 is 1.64. The van der Waals surface area contributed by atoms with Crippen molar-refractivity contribution in [1.82, 2.24) is 9.88 Å². The molecule has 0 bridgehead atoms. The van der Waals surface area contributed by atoms with Gasteiger partial charge in [0.2, 0.25) is 0 Å². The van der Waals surface area contributed by atoms with Gasteiger partial charge in [0.25, 0.3) is 5.91 Å². The van der Waals surface area contributed by atoms with Gasteiger partial charge in [-0.2, -0.15) is 0 Å². The van der Waals surface area contributed by atoms with E-state index >= 15 is 0 Å². The fourth-order valence-electron chi connectivity index (χ4n) is 1.89. The van der Waals surface area contributed by atoms with Gasteiger partial charge in [-0.1, -0.05) is 13.0 Å². The Morgan fingerprint density at radius 3 is 2.90 bits per heavy atom. The molecular weight excluding hydrogens is 272 g/mol. The summed E-state index contributed by atoms with van der Waals surface area (Å²) in [6.07, 6.45) is 0.754. The molecule has 0 atom stereocenters. The lowest BCUT2D eigenvalue weighted by atomic mass is 10.1. The van der Waals surface area contributed by atoms with E-state index in [0.717, 1.165) is 17.0 Å². The number of nitrogens with zero attached hydrogens (tertiary/aromatic N) is 2. The number of anilines is 1. The van der Waals surface area contributed by atoms with Crippen molar-refractivity contribution in [3.63, 3.8) is 0 Å². The first-order chi connectivity index (χ1) is 9.63. The van der Waals surface area contributed by atoms with Crippen molar-refractivity contribution in [2.24, 2.45) is 5.84 Å². The Balaban J connectivity index is 2.19. The molecule has 2 aromatic heterocycles. The van der Waals surface area contributed by atoms with Crippen LogP contribution in [0.4, 0.5) is 5.82 Å². The van der Waals surface area contributed by atoms with Gasteiger partial charge in [0, 0.05) is 23.2 Å². The third-order valence-corrected chi connectivity index (χ3v) is 3.82. The van der Waals surface area contributed by atoms with Crippen LogP contribution in [0, 0.1) is 0 Å². The lowest BCUT2D eigenvalue weighted by Crippen LogP contribution is -2.26. The van der Waals surface area contributed by atoms with Crippen molar-refractivity contribution in [3.8, 4) is 0 Å². The minimum atomic E-state index is -0.0352. The molecule has 2 aromatic rings. The number of nitrogens with one attached hydrogen (secondary N) is 1. The minimum Gasteiger partial charge on any atom is -0.337 e. The zero-order chi connectivity index (χ0) is 14.5. The van der Waals surface area contributed by atoms with E-state index < -0.39 is 0 Å². The first kappa shape index (κ1) is 14.5. The summed E-state index contributed by atoms with van der Waals surface area (Å²) in [4.78, 5) is 19.6. The van der Waals surface area contributed by atoms with Gasteiger partial charge in [-0.05, 0) is 30.0 Å². The number of amides is 1. The van der Waals surface area contributed by atoms with Crippen molar-refractivity contribution in [2.75, 3.05) is 12.5 Å². The second-order valence-corrected chi connectivity index (χ2v) is 5.50. The largest absolute Gasteiger partial charge is 0.337 e. The highest BCUT2D eigenvalue weighted by Gasteiger charge is 2.14. The first-order valence-electron chi connectivity index (χ1n) is 6.39. The van der Waals surface area contributed by atoms with Crippen LogP contribution < -0.4 is 11.3 Å². The highest BCUT2D eigenvalue weighted by atomic mass is 32.1. The number of nitrogen functional groups attached to an aromatic ring is 1. The molecular formula is C14H18N4OS. The van der Waals surface area contributed by atoms with Crippen LogP contribution >= 0.6 is 11.3 Å². The van der Waals surface area contributed by atoms with Gasteiger partial charge in [0.1, 0.15) is 5.82 Å². The molecule has 6 heteroatoms. The lowest BCUT2D eigenvalue weighted by Gasteiger charge is -2.17. The molecule has 0 saturated carbocycles. The SMILES string of the molecule is CCc1cc(C(=O)N(C)Cc2cccs2)cc(NN)n1. The number of hydrogen-bond acceptors (Lipinski definition) is 5. The number of aromatic nitrogens is 1. The van der Waals surface area contributed by atoms with Crippen LogP contribution in [0.5, 0.6) is 0 Å². The molecule has 0 radical (unpaired) electrons. The van der Waals surface area contributed by atoms with E-state index in [-0.39, 0.29) is 5.91 Å². The van der Waals surface area contributed by atoms with Gasteiger partial charge >= 0.3 is 0 Å². The van der Waals surface area contributed by atoms with Gasteiger partial charge in [0.05, 0.1) is 6.54 Å². The molecule has 1 amide bonds. The molecule has 106 valence electrons. The maximum Gasteiger partial charge on any atom is 0.254 e. The van der Waals surface area contributed by atoms with Crippen molar-refractivity contribution in [1.29, 1.82) is 0 Å². The van der Waals surface area contributed by atoms with Crippen molar-refractivity contribution in [2.45, 2.75) is 19.9 Å². The highest BCUT2D eigenvalue weighted by Crippen LogP contribution is 2.15. The molecule has 0 aliphatic heterocycles. The van der Waals surface area contributed by atoms with E-state index in [4.69, 9.17) is 5.84 Å². The van der Waals surface area contributed by atoms with Gasteiger partial charge < -0.3 is 10.3 Å². The zero-order valence-electron chi connectivity index (χ0n) is 11.6. The van der Waals surface area contributed by atoms with Gasteiger partial charge in [0.15, 0.2) is 0 Å². The van der Waals surface area contributed by atoms with Crippen LogP contribution in [0.3, 0.4) is 0 Å². The highest BCUT2D eigenvalue weighted by molar-refractivity contribution is 7.09. The summed E-state index contributed by atoms with van der Waals surface area (Å²) < 4.78 is 0. The topological polar surface area (TPSA) is 71.2 Å². The number of hydrazine groups is 1. The quantitative estimate of drug-likeness (QED) is 0.654. The van der Waals surface area contributed by atoms with Crippen molar-refractivity contribution < 1.29 is 4.79 Å². The van der Waals surface area contributed by atoms with Crippen LogP contribution in [0.1, 0.15) is 27.9 Å². The van der Waals surface area contributed by atoms with Crippen LogP contribution in [0.25, 0.3) is 0 Å². The summed E-state index contributed by atoms with van der Waals surface area (Å²) in [7, 11) is 1.80. The standard InChI is InChI=1S/C14H18N4OS/c1-3-11-7-10(8-13(16-11)17-15)14(19)18(2)9-12-5-4-6-20-12/h4-8H,3,9,15H2,1-2H3,(H,16,17). The number of hydrogen-bond donors (Lipinski definition) is 2. The molecule has 0 aliphatic rings. The Hall–Kier alpha value is -1.92. The van der Waals surface area contributed by atoms with Crippen LogP contribution in [0.2, 0.25) is 0 Å². The Morgan fingerprint density at radius 1 is 1.50 bits per heavy atom. The van der Waals surface area contributed by atoms with E-state index in [0.29, 0.717) is 17.9 Å². The summed E-state index contributed by atoms with van der Waals surface area (Å²) in [6, 6.07) is 7.49. The van der Waals surface area contributed by atoms with Gasteiger partial charge in [-0.3, -0.25) is 4.79 Å². The molecule has 0 saturated heterocycles. The number of thiophene rings is 1. The van der Waals surface area contributed by atoms with E-state index in [1.807, 2.05) is 30.5 Å². The fraction of sp³-hybridized carbons (Fsp3) is 0.286. The van der Waals surface area contributed by atoms with Crippen LogP contribution in [-0.2, 0) is 13.0 Å². The van der Waals surface area contributed by atoms with E-state index in [9.17, 15) is 4.79 Å². The molecule has 5 nitrogen and oxygen atoms in total. The molecule has 0 unspecified atom stereocenters. The molecule has 0 aliphatic carbocycles. The smallest absolute Gasteiger partial charge is 0.254 e. The predicted molar refractivity (Wildman–Crippen MR) is 81.5 cm³/mol. The average molecular weight is 290 g/mol. The Bertz CT molecular complexity index is 561. The molecule has 0 aromatic carbocycles. The van der Waals surface area contributed by atoms with E-state index in [2.05, 4.69) is 10.4 Å². The Morgan fingerprint density at radius 2 is 2.30 bits per heavy atom. The number of pyridine rings is 1. The van der Waals surface area contributed by atoms with Crippen LogP contribution in [-0.4, -0.2) is 22.8 Å². The monoisotopic (exact) mass is 290 g/mol. The Labute approximate surface area is 122 Å². The maximum absolute atomic E-state index is 12.4. The third-order valence-electron chi connectivity index (χ3n) is 2.96.